The van der Waals surface area contributed by atoms with Gasteiger partial charge in [0.05, 0.1) is 26.3 Å². The Morgan fingerprint density at radius 1 is 1.15 bits per heavy atom. The first-order chi connectivity index (χ1) is 16.2. The molecule has 5 rings (SSSR count). The van der Waals surface area contributed by atoms with E-state index < -0.39 is 0 Å². The second kappa shape index (κ2) is 10.0. The summed E-state index contributed by atoms with van der Waals surface area (Å²) in [5.74, 6) is 1.60. The second-order valence-electron chi connectivity index (χ2n) is 9.19. The van der Waals surface area contributed by atoms with Crippen LogP contribution in [-0.2, 0) is 24.4 Å². The number of hydrogen-bond donors (Lipinski definition) is 1. The van der Waals surface area contributed by atoms with Crippen LogP contribution < -0.4 is 10.3 Å². The number of methoxy groups -OCH3 is 1. The van der Waals surface area contributed by atoms with Gasteiger partial charge in [0.2, 0.25) is 0 Å². The third-order valence-corrected chi connectivity index (χ3v) is 6.94. The number of hydrogen-bond acceptors (Lipinski definition) is 7. The van der Waals surface area contributed by atoms with Crippen molar-refractivity contribution in [2.24, 2.45) is 0 Å². The Kier molecular flexibility index (Phi) is 6.68. The van der Waals surface area contributed by atoms with Crippen LogP contribution in [0.1, 0.15) is 56.3 Å². The van der Waals surface area contributed by atoms with Gasteiger partial charge in [-0.1, -0.05) is 19.3 Å². The molecular formula is C24H32N6O3. The van der Waals surface area contributed by atoms with Crippen molar-refractivity contribution in [3.05, 3.63) is 46.0 Å². The number of aromatic nitrogens is 5. The fourth-order valence-corrected chi connectivity index (χ4v) is 5.09. The summed E-state index contributed by atoms with van der Waals surface area (Å²) in [4.78, 5) is 18.3. The van der Waals surface area contributed by atoms with Gasteiger partial charge in [-0.2, -0.15) is 0 Å². The number of H-pyrrole nitrogens is 1. The van der Waals surface area contributed by atoms with E-state index in [9.17, 15) is 4.79 Å². The number of tetrazole rings is 1. The maximum Gasteiger partial charge on any atom is 0.252 e. The summed E-state index contributed by atoms with van der Waals surface area (Å²) >= 11 is 0. The molecule has 3 aromatic rings. The lowest BCUT2D eigenvalue weighted by Crippen LogP contribution is -2.38. The molecule has 33 heavy (non-hydrogen) atoms. The lowest BCUT2D eigenvalue weighted by Gasteiger charge is -2.34. The molecule has 1 aliphatic heterocycles. The first-order valence-corrected chi connectivity index (χ1v) is 12.0. The number of nitrogens with one attached hydrogen (secondary N) is 1. The summed E-state index contributed by atoms with van der Waals surface area (Å²) in [6, 6.07) is 8.11. The molecule has 2 fully saturated rings. The minimum atomic E-state index is -0.0487. The van der Waals surface area contributed by atoms with Gasteiger partial charge in [-0.15, -0.1) is 5.10 Å². The summed E-state index contributed by atoms with van der Waals surface area (Å²) in [5.41, 5.74) is 1.51. The molecule has 1 N–H and O–H groups in total. The fourth-order valence-electron chi connectivity index (χ4n) is 5.09. The van der Waals surface area contributed by atoms with Crippen molar-refractivity contribution < 1.29 is 9.47 Å². The largest absolute Gasteiger partial charge is 0.497 e. The molecule has 0 radical (unpaired) electrons. The molecule has 9 heteroatoms. The Bertz CT molecular complexity index is 1130. The lowest BCUT2D eigenvalue weighted by atomic mass is 9.93. The summed E-state index contributed by atoms with van der Waals surface area (Å²) in [7, 11) is 1.65. The molecule has 1 unspecified atom stereocenters. The van der Waals surface area contributed by atoms with Crippen LogP contribution in [0.15, 0.2) is 29.1 Å². The molecule has 1 atom stereocenters. The molecule has 1 aliphatic carbocycles. The third kappa shape index (κ3) is 5.09. The van der Waals surface area contributed by atoms with Crippen molar-refractivity contribution in [2.75, 3.05) is 13.7 Å². The van der Waals surface area contributed by atoms with Gasteiger partial charge in [0, 0.05) is 35.7 Å². The average molecular weight is 453 g/mol. The van der Waals surface area contributed by atoms with Crippen LogP contribution in [0.4, 0.5) is 0 Å². The van der Waals surface area contributed by atoms with Crippen LogP contribution in [0.5, 0.6) is 5.75 Å². The van der Waals surface area contributed by atoms with Gasteiger partial charge < -0.3 is 14.5 Å². The quantitative estimate of drug-likeness (QED) is 0.561. The van der Waals surface area contributed by atoms with E-state index in [0.29, 0.717) is 25.7 Å². The standard InChI is InChI=1S/C24H32N6O3/c1-32-20-9-10-22-17(13-20)12-18(24(31)25-22)14-29(19-6-3-2-4-7-19)16-23-26-27-28-30(23)15-21-8-5-11-33-21/h9-10,12-13,19,21H,2-8,11,14-16H2,1H3,(H,25,31). The SMILES string of the molecule is COc1ccc2[nH]c(=O)c(CN(Cc3nnnn3CC3CCCO3)C3CCCCC3)cc2c1. The lowest BCUT2D eigenvalue weighted by molar-refractivity contribution is 0.0893. The summed E-state index contributed by atoms with van der Waals surface area (Å²) in [5, 5.41) is 13.5. The molecule has 0 bridgehead atoms. The van der Waals surface area contributed by atoms with E-state index >= 15 is 0 Å². The Morgan fingerprint density at radius 3 is 2.82 bits per heavy atom. The highest BCUT2D eigenvalue weighted by Gasteiger charge is 2.26. The molecule has 0 amide bonds. The van der Waals surface area contributed by atoms with Crippen molar-refractivity contribution in [3.63, 3.8) is 0 Å². The van der Waals surface area contributed by atoms with Crippen molar-refractivity contribution in [2.45, 2.75) is 76.7 Å². The van der Waals surface area contributed by atoms with Gasteiger partial charge in [-0.3, -0.25) is 9.69 Å². The van der Waals surface area contributed by atoms with Gasteiger partial charge >= 0.3 is 0 Å². The Labute approximate surface area is 193 Å². The zero-order valence-corrected chi connectivity index (χ0v) is 19.2. The number of ether oxygens (including phenoxy) is 2. The molecular weight excluding hydrogens is 420 g/mol. The van der Waals surface area contributed by atoms with Gasteiger partial charge in [0.15, 0.2) is 5.82 Å². The van der Waals surface area contributed by atoms with E-state index in [1.54, 1.807) is 7.11 Å². The normalized spacial score (nSPS) is 19.5. The summed E-state index contributed by atoms with van der Waals surface area (Å²) < 4.78 is 13.0. The molecule has 1 aromatic carbocycles. The van der Waals surface area contributed by atoms with E-state index in [0.717, 1.165) is 60.3 Å². The van der Waals surface area contributed by atoms with E-state index in [-0.39, 0.29) is 11.7 Å². The minimum absolute atomic E-state index is 0.0487. The molecule has 1 saturated carbocycles. The smallest absolute Gasteiger partial charge is 0.252 e. The number of benzene rings is 1. The van der Waals surface area contributed by atoms with Gasteiger partial charge in [-0.25, -0.2) is 4.68 Å². The number of nitrogens with zero attached hydrogens (tertiary/aromatic N) is 5. The molecule has 0 spiro atoms. The molecule has 2 aliphatic rings. The summed E-state index contributed by atoms with van der Waals surface area (Å²) in [6.07, 6.45) is 8.28. The van der Waals surface area contributed by atoms with Crippen molar-refractivity contribution >= 4 is 10.9 Å². The fraction of sp³-hybridized carbons (Fsp3) is 0.583. The Morgan fingerprint density at radius 2 is 2.03 bits per heavy atom. The van der Waals surface area contributed by atoms with E-state index in [2.05, 4.69) is 25.4 Å². The minimum Gasteiger partial charge on any atom is -0.497 e. The van der Waals surface area contributed by atoms with Crippen LogP contribution in [0.25, 0.3) is 10.9 Å². The zero-order chi connectivity index (χ0) is 22.6. The molecule has 3 heterocycles. The van der Waals surface area contributed by atoms with Crippen molar-refractivity contribution in [1.29, 1.82) is 0 Å². The highest BCUT2D eigenvalue weighted by molar-refractivity contribution is 5.80. The highest BCUT2D eigenvalue weighted by Crippen LogP contribution is 2.26. The second-order valence-corrected chi connectivity index (χ2v) is 9.19. The highest BCUT2D eigenvalue weighted by atomic mass is 16.5. The van der Waals surface area contributed by atoms with Crippen LogP contribution in [-0.4, -0.2) is 56.0 Å². The molecule has 9 nitrogen and oxygen atoms in total. The number of rotatable bonds is 8. The van der Waals surface area contributed by atoms with Gasteiger partial charge in [0.1, 0.15) is 5.75 Å². The molecule has 2 aromatic heterocycles. The van der Waals surface area contributed by atoms with E-state index in [4.69, 9.17) is 9.47 Å². The monoisotopic (exact) mass is 452 g/mol. The molecule has 1 saturated heterocycles. The van der Waals surface area contributed by atoms with Gasteiger partial charge in [-0.05, 0) is 60.4 Å². The topological polar surface area (TPSA) is 98.2 Å². The van der Waals surface area contributed by atoms with Crippen molar-refractivity contribution in [3.8, 4) is 5.75 Å². The maximum absolute atomic E-state index is 12.9. The Balaban J connectivity index is 1.41. The molecule has 176 valence electrons. The van der Waals surface area contributed by atoms with E-state index in [1.807, 2.05) is 28.9 Å². The average Bonchev–Trinajstić information content (AvgIpc) is 3.52. The predicted octanol–water partition coefficient (Wildman–Crippen LogP) is 3.04. The van der Waals surface area contributed by atoms with Crippen LogP contribution in [0.3, 0.4) is 0 Å². The summed E-state index contributed by atoms with van der Waals surface area (Å²) in [6.45, 7) is 2.66. The first-order valence-electron chi connectivity index (χ1n) is 12.0. The first kappa shape index (κ1) is 22.0. The van der Waals surface area contributed by atoms with Crippen LogP contribution in [0.2, 0.25) is 0 Å². The number of fused-ring (bicyclic) bond motifs is 1. The van der Waals surface area contributed by atoms with Gasteiger partial charge in [0.25, 0.3) is 5.56 Å². The third-order valence-electron chi connectivity index (χ3n) is 6.94. The van der Waals surface area contributed by atoms with Crippen molar-refractivity contribution in [1.82, 2.24) is 30.1 Å². The van der Waals surface area contributed by atoms with Crippen LogP contribution in [0, 0.1) is 0 Å². The number of aromatic amines is 1. The zero-order valence-electron chi connectivity index (χ0n) is 19.2. The van der Waals surface area contributed by atoms with Crippen LogP contribution >= 0.6 is 0 Å². The number of pyridine rings is 1. The maximum atomic E-state index is 12.9. The van der Waals surface area contributed by atoms with E-state index in [1.165, 1.54) is 19.3 Å². The predicted molar refractivity (Wildman–Crippen MR) is 124 cm³/mol. The Hall–Kier alpha value is -2.78.